The van der Waals surface area contributed by atoms with Crippen molar-refractivity contribution in [2.24, 2.45) is 0 Å². The van der Waals surface area contributed by atoms with E-state index in [4.69, 9.17) is 18.1 Å². The van der Waals surface area contributed by atoms with E-state index in [1.165, 1.54) is 48.5 Å². The van der Waals surface area contributed by atoms with Crippen LogP contribution in [0.5, 0.6) is 23.0 Å². The molecule has 0 saturated carbocycles. The van der Waals surface area contributed by atoms with Crippen LogP contribution in [0.25, 0.3) is 0 Å². The number of benzene rings is 4. The molecule has 10 nitrogen and oxygen atoms in total. The maximum Gasteiger partial charge on any atom is 0.584 e. The number of hydrogen-bond donors (Lipinski definition) is 2. The Morgan fingerprint density at radius 2 is 0.829 bits per heavy atom. The number of sulfonamides is 1. The molecule has 0 radical (unpaired) electrons. The van der Waals surface area contributed by atoms with Crippen molar-refractivity contribution in [2.75, 3.05) is 0 Å². The molecule has 0 aliphatic rings. The van der Waals surface area contributed by atoms with Crippen molar-refractivity contribution in [3.8, 4) is 23.0 Å². The third kappa shape index (κ3) is 10.6. The number of phosphoric acid groups is 1. The fraction of sp³-hybridized carbons (Fsp3) is 0.0400. The quantitative estimate of drug-likeness (QED) is 0.178. The highest BCUT2D eigenvalue weighted by molar-refractivity contribution is 7.95. The van der Waals surface area contributed by atoms with E-state index in [0.717, 1.165) is 4.49 Å². The smallest absolute Gasteiger partial charge is 0.404 e. The van der Waals surface area contributed by atoms with Crippen molar-refractivity contribution in [3.63, 3.8) is 0 Å². The van der Waals surface area contributed by atoms with Gasteiger partial charge in [-0.1, -0.05) is 77.3 Å². The molecule has 0 bridgehead atoms. The van der Waals surface area contributed by atoms with Gasteiger partial charge in [-0.2, -0.15) is 13.2 Å². The Kier molecular flexibility index (Phi) is 10.6. The van der Waals surface area contributed by atoms with Crippen LogP contribution in [0.4, 0.5) is 13.2 Å². The summed E-state index contributed by atoms with van der Waals surface area (Å²) in [6.07, 6.45) is 0. The van der Waals surface area contributed by atoms with E-state index in [1.54, 1.807) is 72.8 Å². The van der Waals surface area contributed by atoms with Gasteiger partial charge in [0.1, 0.15) is 23.0 Å². The van der Waals surface area contributed by atoms with Crippen molar-refractivity contribution in [3.05, 3.63) is 121 Å². The fourth-order valence-electron chi connectivity index (χ4n) is 2.74. The van der Waals surface area contributed by atoms with Gasteiger partial charge < -0.3 is 18.1 Å². The third-order valence-corrected chi connectivity index (χ3v) is 8.65. The van der Waals surface area contributed by atoms with Gasteiger partial charge in [0.15, 0.2) is 0 Å². The fourth-order valence-corrected chi connectivity index (χ4v) is 6.28. The second-order valence-electron chi connectivity index (χ2n) is 7.62. The van der Waals surface area contributed by atoms with Gasteiger partial charge in [-0.15, -0.1) is 0 Å². The highest BCUT2D eigenvalue weighted by atomic mass is 32.2. The summed E-state index contributed by atoms with van der Waals surface area (Å²) in [5, 5.41) is 0. The minimum Gasteiger partial charge on any atom is -0.404 e. The Labute approximate surface area is 233 Å². The van der Waals surface area contributed by atoms with E-state index < -0.39 is 31.1 Å². The standard InChI is InChI=1S/C13H11F3NO5PS.C12H11O4P/c14-13(15,16)24(19,20)17-23(18,21-11-7-3-1-4-8-11)22-12-9-5-2-6-10-12;13-17(14,15-11-7-3-1-4-8-11)16-12-9-5-2-6-10-12/h1-10H,(H,17,18);1-10H,(H,13,14). The van der Waals surface area contributed by atoms with E-state index in [-0.39, 0.29) is 23.0 Å². The van der Waals surface area contributed by atoms with Gasteiger partial charge in [-0.3, -0.25) is 4.89 Å². The van der Waals surface area contributed by atoms with E-state index in [9.17, 15) is 35.6 Å². The van der Waals surface area contributed by atoms with Gasteiger partial charge in [0.25, 0.3) is 0 Å². The van der Waals surface area contributed by atoms with Crippen LogP contribution in [0.2, 0.25) is 0 Å². The zero-order chi connectivity index (χ0) is 30.0. The minimum absolute atomic E-state index is 0.137. The number of para-hydroxylation sites is 4. The summed E-state index contributed by atoms with van der Waals surface area (Å²) in [6, 6.07) is 30.8. The van der Waals surface area contributed by atoms with Crippen LogP contribution < -0.4 is 22.6 Å². The summed E-state index contributed by atoms with van der Waals surface area (Å²) in [4.78, 5) is 9.53. The number of nitrogens with one attached hydrogen (secondary N) is 1. The van der Waals surface area contributed by atoms with Gasteiger partial charge in [0.05, 0.1) is 0 Å². The first-order chi connectivity index (χ1) is 19.3. The Morgan fingerprint density at radius 1 is 0.561 bits per heavy atom. The zero-order valence-corrected chi connectivity index (χ0v) is 23.3. The topological polar surface area (TPSA) is 137 Å². The summed E-state index contributed by atoms with van der Waals surface area (Å²) >= 11 is 0. The van der Waals surface area contributed by atoms with Gasteiger partial charge in [0.2, 0.25) is 0 Å². The van der Waals surface area contributed by atoms with Crippen LogP contribution in [0.3, 0.4) is 0 Å². The van der Waals surface area contributed by atoms with Crippen LogP contribution in [0.1, 0.15) is 0 Å². The molecule has 16 heteroatoms. The maximum atomic E-state index is 12.6. The van der Waals surface area contributed by atoms with Crippen LogP contribution in [0, 0.1) is 0 Å². The third-order valence-electron chi connectivity index (χ3n) is 4.40. The first kappa shape index (κ1) is 31.7. The Bertz CT molecular complexity index is 1490. The molecule has 0 unspecified atom stereocenters. The van der Waals surface area contributed by atoms with Crippen LogP contribution in [-0.2, 0) is 19.2 Å². The Balaban J connectivity index is 0.000000239. The molecular weight excluding hydrogens is 609 g/mol. The normalized spacial score (nSPS) is 11.9. The van der Waals surface area contributed by atoms with Gasteiger partial charge >= 0.3 is 31.1 Å². The summed E-state index contributed by atoms with van der Waals surface area (Å²) in [6.45, 7) is 0. The lowest BCUT2D eigenvalue weighted by Gasteiger charge is -2.20. The highest BCUT2D eigenvalue weighted by Crippen LogP contribution is 2.47. The van der Waals surface area contributed by atoms with Crippen molar-refractivity contribution >= 4 is 25.6 Å². The maximum absolute atomic E-state index is 12.6. The molecule has 0 spiro atoms. The van der Waals surface area contributed by atoms with Gasteiger partial charge in [-0.25, -0.2) is 17.5 Å². The summed E-state index contributed by atoms with van der Waals surface area (Å²) in [7, 11) is -15.0. The molecule has 0 atom stereocenters. The molecule has 0 aliphatic carbocycles. The van der Waals surface area contributed by atoms with E-state index in [0.29, 0.717) is 0 Å². The summed E-state index contributed by atoms with van der Waals surface area (Å²) < 4.78 is 105. The second kappa shape index (κ2) is 13.7. The molecule has 41 heavy (non-hydrogen) atoms. The predicted molar refractivity (Wildman–Crippen MR) is 144 cm³/mol. The van der Waals surface area contributed by atoms with Crippen LogP contribution in [0.15, 0.2) is 121 Å². The molecule has 0 aliphatic heterocycles. The van der Waals surface area contributed by atoms with E-state index in [1.807, 2.05) is 0 Å². The van der Waals surface area contributed by atoms with Crippen molar-refractivity contribution < 1.29 is 53.7 Å². The van der Waals surface area contributed by atoms with E-state index in [2.05, 4.69) is 0 Å². The van der Waals surface area contributed by atoms with Crippen LogP contribution in [-0.4, -0.2) is 18.8 Å². The van der Waals surface area contributed by atoms with Crippen molar-refractivity contribution in [2.45, 2.75) is 5.51 Å². The zero-order valence-electron chi connectivity index (χ0n) is 20.7. The molecule has 0 heterocycles. The lowest BCUT2D eigenvalue weighted by molar-refractivity contribution is -0.0443. The average Bonchev–Trinajstić information content (AvgIpc) is 2.89. The summed E-state index contributed by atoms with van der Waals surface area (Å²) in [5.41, 5.74) is -5.68. The van der Waals surface area contributed by atoms with Crippen LogP contribution >= 0.6 is 15.6 Å². The Hall–Kier alpha value is -3.80. The Morgan fingerprint density at radius 3 is 1.10 bits per heavy atom. The average molecular weight is 631 g/mol. The molecule has 2 N–H and O–H groups in total. The molecule has 218 valence electrons. The first-order valence-electron chi connectivity index (χ1n) is 11.3. The minimum atomic E-state index is -5.96. The molecule has 4 rings (SSSR count). The monoisotopic (exact) mass is 631 g/mol. The van der Waals surface area contributed by atoms with E-state index >= 15 is 0 Å². The SMILES string of the molecule is O=P(NS(=O)(=O)C(F)(F)F)(Oc1ccccc1)Oc1ccccc1.O=P(O)(Oc1ccccc1)Oc1ccccc1. The first-order valence-corrected chi connectivity index (χ1v) is 15.8. The van der Waals surface area contributed by atoms with Gasteiger partial charge in [-0.05, 0) is 48.5 Å². The molecule has 0 fully saturated rings. The lowest BCUT2D eigenvalue weighted by Crippen LogP contribution is -2.36. The molecule has 4 aromatic rings. The number of rotatable bonds is 10. The lowest BCUT2D eigenvalue weighted by atomic mass is 10.3. The summed E-state index contributed by atoms with van der Waals surface area (Å²) in [5.74, 6) is 0.298. The molecule has 0 aromatic heterocycles. The molecule has 0 amide bonds. The predicted octanol–water partition coefficient (Wildman–Crippen LogP) is 6.94. The number of hydrogen-bond acceptors (Lipinski definition) is 8. The largest absolute Gasteiger partial charge is 0.584 e. The van der Waals surface area contributed by atoms with Gasteiger partial charge in [0, 0.05) is 0 Å². The highest BCUT2D eigenvalue weighted by Gasteiger charge is 2.51. The molecule has 0 saturated heterocycles. The molecule has 4 aromatic carbocycles. The number of alkyl halides is 3. The second-order valence-corrected chi connectivity index (χ2v) is 12.5. The number of halogens is 3. The van der Waals surface area contributed by atoms with Crippen molar-refractivity contribution in [1.29, 1.82) is 0 Å². The number of phosphoric ester groups is 1. The molecular formula is C25H22F3NO9P2S. The van der Waals surface area contributed by atoms with Crippen molar-refractivity contribution in [1.82, 2.24) is 4.49 Å².